The van der Waals surface area contributed by atoms with Gasteiger partial charge < -0.3 is 16.0 Å². The molecule has 0 radical (unpaired) electrons. The van der Waals surface area contributed by atoms with Gasteiger partial charge in [0.1, 0.15) is 23.7 Å². The molecule has 4 aromatic rings. The fourth-order valence-corrected chi connectivity index (χ4v) is 5.60. The molecular weight excluding hydrogens is 624 g/mol. The topological polar surface area (TPSA) is 160 Å². The van der Waals surface area contributed by atoms with Gasteiger partial charge in [0.2, 0.25) is 5.95 Å². The average Bonchev–Trinajstić information content (AvgIpc) is 3.06. The second-order valence-corrected chi connectivity index (χ2v) is 12.9. The second kappa shape index (κ2) is 16.2. The summed E-state index contributed by atoms with van der Waals surface area (Å²) >= 11 is 0. The van der Waals surface area contributed by atoms with Crippen LogP contribution in [0.3, 0.4) is 0 Å². The molecule has 1 amide bonds. The number of hydrogen-bond donors (Lipinski definition) is 3. The van der Waals surface area contributed by atoms with Crippen LogP contribution in [0.4, 0.5) is 21.8 Å². The Bertz CT molecular complexity index is 1660. The third-order valence-corrected chi connectivity index (χ3v) is 8.21. The van der Waals surface area contributed by atoms with E-state index in [1.165, 1.54) is 32.4 Å². The van der Waals surface area contributed by atoms with Crippen LogP contribution < -0.4 is 16.0 Å². The van der Waals surface area contributed by atoms with E-state index in [0.29, 0.717) is 17.1 Å². The minimum atomic E-state index is -4.30. The first-order valence-corrected chi connectivity index (χ1v) is 16.3. The van der Waals surface area contributed by atoms with Crippen LogP contribution in [-0.4, -0.2) is 45.2 Å². The maximum absolute atomic E-state index is 15.7. The molecule has 0 fully saturated rings. The lowest BCUT2D eigenvalue weighted by molar-refractivity contribution is -0.0221. The Kier molecular flexibility index (Phi) is 12.1. The van der Waals surface area contributed by atoms with E-state index in [1.54, 1.807) is 30.3 Å². The predicted octanol–water partition coefficient (Wildman–Crippen LogP) is 6.71. The highest BCUT2D eigenvalue weighted by Crippen LogP contribution is 2.54. The number of amides is 1. The zero-order valence-corrected chi connectivity index (χ0v) is 27.4. The summed E-state index contributed by atoms with van der Waals surface area (Å²) in [5.41, 5.74) is 0.668. The summed E-state index contributed by atoms with van der Waals surface area (Å²) in [6, 6.07) is 21.6. The smallest absolute Gasteiger partial charge is 0.382 e. The van der Waals surface area contributed by atoms with Gasteiger partial charge in [0.05, 0.1) is 49.0 Å². The molecule has 2 heterocycles. The fraction of sp³-hybridized carbons (Fsp3) is 0.303. The van der Waals surface area contributed by atoms with Crippen molar-refractivity contribution in [2.24, 2.45) is 0 Å². The van der Waals surface area contributed by atoms with Gasteiger partial charge in [0.25, 0.3) is 5.91 Å². The number of phosphoric acid groups is 1. The molecule has 246 valence electrons. The minimum absolute atomic E-state index is 0.0508. The standard InChI is InChI=1S/C33H37FN7O5P/c1-23(2)40-28-15-30(41-32-38-17-26(16-35)18-39-32)36-19-27(28)31(42)37-20-29(34)33(3,4)46-47(43,44-21-24-11-7-5-8-12-24)45-22-25-13-9-6-10-14-25/h5-15,17-19,23,29H,20-22H2,1-4H3,(H,37,42)(H2,36,38,39,40,41). The van der Waals surface area contributed by atoms with Crippen molar-refractivity contribution >= 4 is 31.2 Å². The molecule has 2 aromatic heterocycles. The van der Waals surface area contributed by atoms with Crippen molar-refractivity contribution in [3.8, 4) is 6.07 Å². The molecule has 0 saturated heterocycles. The number of carbonyl (C=O) groups is 1. The van der Waals surface area contributed by atoms with Gasteiger partial charge in [-0.2, -0.15) is 5.26 Å². The highest BCUT2D eigenvalue weighted by atomic mass is 31.2. The van der Waals surface area contributed by atoms with Crippen molar-refractivity contribution in [1.82, 2.24) is 20.3 Å². The SMILES string of the molecule is CC(C)Nc1cc(Nc2ncc(C#N)cn2)ncc1C(=O)NCC(F)C(C)(C)OP(=O)(OCc1ccccc1)OCc1ccccc1. The number of nitrogens with zero attached hydrogens (tertiary/aromatic N) is 4. The number of alkyl halides is 1. The maximum Gasteiger partial charge on any atom is 0.476 e. The van der Waals surface area contributed by atoms with E-state index < -0.39 is 32.0 Å². The largest absolute Gasteiger partial charge is 0.476 e. The average molecular weight is 662 g/mol. The Labute approximate surface area is 273 Å². The normalized spacial score (nSPS) is 12.3. The van der Waals surface area contributed by atoms with Crippen LogP contribution in [0.25, 0.3) is 0 Å². The van der Waals surface area contributed by atoms with E-state index >= 15 is 4.39 Å². The molecule has 0 bridgehead atoms. The van der Waals surface area contributed by atoms with Gasteiger partial charge in [-0.15, -0.1) is 0 Å². The summed E-state index contributed by atoms with van der Waals surface area (Å²) in [6.45, 7) is 5.97. The van der Waals surface area contributed by atoms with E-state index in [9.17, 15) is 9.36 Å². The number of halogens is 1. The van der Waals surface area contributed by atoms with Gasteiger partial charge in [-0.1, -0.05) is 60.7 Å². The molecule has 2 aromatic carbocycles. The summed E-state index contributed by atoms with van der Waals surface area (Å²) in [5, 5.41) is 17.6. The van der Waals surface area contributed by atoms with Crippen LogP contribution in [0.2, 0.25) is 0 Å². The van der Waals surface area contributed by atoms with E-state index in [0.717, 1.165) is 11.1 Å². The van der Waals surface area contributed by atoms with Gasteiger partial charge >= 0.3 is 7.82 Å². The highest BCUT2D eigenvalue weighted by molar-refractivity contribution is 7.48. The third kappa shape index (κ3) is 10.7. The minimum Gasteiger partial charge on any atom is -0.382 e. The molecule has 0 spiro atoms. The summed E-state index contributed by atoms with van der Waals surface area (Å²) in [7, 11) is -4.30. The van der Waals surface area contributed by atoms with E-state index in [1.807, 2.05) is 56.3 Å². The van der Waals surface area contributed by atoms with Crippen LogP contribution in [0.1, 0.15) is 54.7 Å². The molecule has 14 heteroatoms. The first-order valence-electron chi connectivity index (χ1n) is 14.8. The number of pyridine rings is 1. The summed E-state index contributed by atoms with van der Waals surface area (Å²) in [4.78, 5) is 25.7. The number of hydrogen-bond acceptors (Lipinski definition) is 11. The molecule has 12 nitrogen and oxygen atoms in total. The van der Waals surface area contributed by atoms with Crippen molar-refractivity contribution < 1.29 is 27.3 Å². The number of phosphoric ester groups is 1. The van der Waals surface area contributed by atoms with Crippen molar-refractivity contribution in [2.45, 2.75) is 58.7 Å². The number of benzene rings is 2. The highest BCUT2D eigenvalue weighted by Gasteiger charge is 2.41. The molecule has 1 unspecified atom stereocenters. The Morgan fingerprint density at radius 2 is 1.53 bits per heavy atom. The van der Waals surface area contributed by atoms with Gasteiger partial charge in [-0.25, -0.2) is 23.9 Å². The van der Waals surface area contributed by atoms with Crippen LogP contribution in [0.5, 0.6) is 0 Å². The van der Waals surface area contributed by atoms with Crippen molar-refractivity contribution in [1.29, 1.82) is 5.26 Å². The molecule has 47 heavy (non-hydrogen) atoms. The number of anilines is 3. The van der Waals surface area contributed by atoms with E-state index in [-0.39, 0.29) is 30.8 Å². The van der Waals surface area contributed by atoms with Crippen molar-refractivity contribution in [3.05, 3.63) is 108 Å². The van der Waals surface area contributed by atoms with Crippen molar-refractivity contribution in [3.63, 3.8) is 0 Å². The zero-order valence-electron chi connectivity index (χ0n) is 26.5. The van der Waals surface area contributed by atoms with E-state index in [2.05, 4.69) is 30.9 Å². The lowest BCUT2D eigenvalue weighted by atomic mass is 10.0. The quantitative estimate of drug-likeness (QED) is 0.109. The van der Waals surface area contributed by atoms with Crippen LogP contribution in [-0.2, 0) is 31.4 Å². The molecule has 0 aliphatic carbocycles. The monoisotopic (exact) mass is 661 g/mol. The Hall–Kier alpha value is -4.73. The first kappa shape index (κ1) is 35.1. The number of nitriles is 1. The van der Waals surface area contributed by atoms with Gasteiger partial charge in [-0.3, -0.25) is 18.4 Å². The number of nitrogens with one attached hydrogen (secondary N) is 3. The summed E-state index contributed by atoms with van der Waals surface area (Å²) < 4.78 is 46.6. The Morgan fingerprint density at radius 3 is 2.06 bits per heavy atom. The second-order valence-electron chi connectivity index (χ2n) is 11.3. The molecule has 4 rings (SSSR count). The molecule has 3 N–H and O–H groups in total. The van der Waals surface area contributed by atoms with E-state index in [4.69, 9.17) is 18.8 Å². The first-order chi connectivity index (χ1) is 22.5. The van der Waals surface area contributed by atoms with Crippen molar-refractivity contribution in [2.75, 3.05) is 17.2 Å². The summed E-state index contributed by atoms with van der Waals surface area (Å²) in [6.07, 6.45) is 2.26. The lowest BCUT2D eigenvalue weighted by Crippen LogP contribution is -2.43. The molecular formula is C33H37FN7O5P. The number of rotatable bonds is 16. The Morgan fingerprint density at radius 1 is 0.957 bits per heavy atom. The molecule has 0 aliphatic rings. The van der Waals surface area contributed by atoms with Gasteiger partial charge in [0.15, 0.2) is 0 Å². The zero-order chi connectivity index (χ0) is 33.9. The van der Waals surface area contributed by atoms with Gasteiger partial charge in [-0.05, 0) is 38.8 Å². The predicted molar refractivity (Wildman–Crippen MR) is 175 cm³/mol. The Balaban J connectivity index is 1.43. The maximum atomic E-state index is 15.7. The third-order valence-electron chi connectivity index (χ3n) is 6.62. The van der Waals surface area contributed by atoms with Crippen LogP contribution >= 0.6 is 7.82 Å². The van der Waals surface area contributed by atoms with Gasteiger partial charge in [0, 0.05) is 18.3 Å². The molecule has 0 saturated carbocycles. The fourth-order valence-electron chi connectivity index (χ4n) is 4.11. The van der Waals surface area contributed by atoms with Crippen LogP contribution in [0, 0.1) is 11.3 Å². The lowest BCUT2D eigenvalue weighted by Gasteiger charge is -2.32. The van der Waals surface area contributed by atoms with Crippen LogP contribution in [0.15, 0.2) is 85.3 Å². The summed E-state index contributed by atoms with van der Waals surface area (Å²) in [5.74, 6) is -0.0392. The molecule has 0 aliphatic heterocycles. The molecule has 1 atom stereocenters. The number of aromatic nitrogens is 3. The number of carbonyl (C=O) groups excluding carboxylic acids is 1.